The summed E-state index contributed by atoms with van der Waals surface area (Å²) in [7, 11) is 0. The van der Waals surface area contributed by atoms with E-state index in [0.717, 1.165) is 0 Å². The molecule has 0 spiro atoms. The fourth-order valence-corrected chi connectivity index (χ4v) is 2.19. The van der Waals surface area contributed by atoms with Crippen LogP contribution in [0.25, 0.3) is 0 Å². The molecule has 0 unspecified atom stereocenters. The molecule has 3 nitrogen and oxygen atoms in total. The Balaban J connectivity index is 2.35. The van der Waals surface area contributed by atoms with Crippen LogP contribution in [0.15, 0.2) is 18.2 Å². The van der Waals surface area contributed by atoms with Crippen molar-refractivity contribution in [2.24, 2.45) is 0 Å². The minimum absolute atomic E-state index is 0.0673. The van der Waals surface area contributed by atoms with E-state index in [2.05, 4.69) is 10.6 Å². The molecule has 1 heterocycles. The van der Waals surface area contributed by atoms with Gasteiger partial charge in [-0.3, -0.25) is 4.79 Å². The van der Waals surface area contributed by atoms with Crippen LogP contribution in [-0.4, -0.2) is 25.0 Å². The Kier molecular flexibility index (Phi) is 4.37. The first-order valence-electron chi connectivity index (χ1n) is 6.37. The van der Waals surface area contributed by atoms with E-state index in [4.69, 9.17) is 0 Å². The number of halogens is 6. The Hall–Kier alpha value is -1.77. The van der Waals surface area contributed by atoms with Gasteiger partial charge in [-0.2, -0.15) is 26.3 Å². The SMILES string of the molecule is O=C1NCCN[C@@H]1Cc1cc(C(F)(F)F)cc(C(F)(F)F)c1. The molecule has 1 aromatic rings. The molecule has 1 aliphatic rings. The number of carbonyl (C=O) groups excluding carboxylic acids is 1. The van der Waals surface area contributed by atoms with Crippen molar-refractivity contribution in [3.63, 3.8) is 0 Å². The van der Waals surface area contributed by atoms with Crippen LogP contribution in [0, 0.1) is 0 Å². The lowest BCUT2D eigenvalue weighted by atomic mass is 9.98. The summed E-state index contributed by atoms with van der Waals surface area (Å²) in [6, 6.07) is 0.494. The maximum Gasteiger partial charge on any atom is 0.416 e. The van der Waals surface area contributed by atoms with Crippen molar-refractivity contribution in [1.29, 1.82) is 0 Å². The summed E-state index contributed by atoms with van der Waals surface area (Å²) < 4.78 is 76.4. The van der Waals surface area contributed by atoms with Crippen molar-refractivity contribution in [2.45, 2.75) is 24.8 Å². The highest BCUT2D eigenvalue weighted by atomic mass is 19.4. The topological polar surface area (TPSA) is 41.1 Å². The van der Waals surface area contributed by atoms with Gasteiger partial charge in [0.25, 0.3) is 0 Å². The normalized spacial score (nSPS) is 19.9. The van der Waals surface area contributed by atoms with E-state index in [0.29, 0.717) is 25.2 Å². The average Bonchev–Trinajstić information content (AvgIpc) is 2.39. The van der Waals surface area contributed by atoms with Crippen molar-refractivity contribution in [3.8, 4) is 0 Å². The molecule has 0 radical (unpaired) electrons. The number of nitrogens with one attached hydrogen (secondary N) is 2. The van der Waals surface area contributed by atoms with Gasteiger partial charge in [-0.05, 0) is 30.2 Å². The van der Waals surface area contributed by atoms with E-state index in [9.17, 15) is 31.1 Å². The minimum atomic E-state index is -4.89. The Morgan fingerprint density at radius 1 is 0.955 bits per heavy atom. The molecule has 2 N–H and O–H groups in total. The van der Waals surface area contributed by atoms with Crippen LogP contribution in [0.5, 0.6) is 0 Å². The largest absolute Gasteiger partial charge is 0.416 e. The van der Waals surface area contributed by atoms with Crippen molar-refractivity contribution in [1.82, 2.24) is 10.6 Å². The van der Waals surface area contributed by atoms with Crippen LogP contribution in [0.3, 0.4) is 0 Å². The number of alkyl halides is 6. The Bertz CT molecular complexity index is 534. The van der Waals surface area contributed by atoms with E-state index in [1.54, 1.807) is 0 Å². The third-order valence-corrected chi connectivity index (χ3v) is 3.22. The smallest absolute Gasteiger partial charge is 0.353 e. The maximum absolute atomic E-state index is 12.7. The molecule has 1 atom stereocenters. The molecule has 0 aliphatic carbocycles. The first-order chi connectivity index (χ1) is 10.1. The standard InChI is InChI=1S/C13H12F6N2O/c14-12(15,16)8-3-7(4-9(6-8)13(17,18)19)5-10-11(22)21-2-1-20-10/h3-4,6,10,20H,1-2,5H2,(H,21,22)/t10-/m1/s1. The zero-order valence-corrected chi connectivity index (χ0v) is 11.1. The van der Waals surface area contributed by atoms with Crippen molar-refractivity contribution < 1.29 is 31.1 Å². The van der Waals surface area contributed by atoms with Gasteiger partial charge in [0, 0.05) is 13.1 Å². The summed E-state index contributed by atoms with van der Waals surface area (Å²) in [4.78, 5) is 11.5. The molecule has 22 heavy (non-hydrogen) atoms. The zero-order chi connectivity index (χ0) is 16.5. The molecule has 9 heteroatoms. The quantitative estimate of drug-likeness (QED) is 0.819. The minimum Gasteiger partial charge on any atom is -0.353 e. The first-order valence-corrected chi connectivity index (χ1v) is 6.37. The third kappa shape index (κ3) is 3.90. The zero-order valence-electron chi connectivity index (χ0n) is 11.1. The molecule has 1 saturated heterocycles. The van der Waals surface area contributed by atoms with Gasteiger partial charge in [-0.15, -0.1) is 0 Å². The molecule has 1 amide bonds. The summed E-state index contributed by atoms with van der Waals surface area (Å²) in [6.07, 6.45) is -10.0. The lowest BCUT2D eigenvalue weighted by Gasteiger charge is -2.24. The number of carbonyl (C=O) groups is 1. The van der Waals surface area contributed by atoms with Crippen LogP contribution in [0.1, 0.15) is 16.7 Å². The predicted octanol–water partition coefficient (Wildman–Crippen LogP) is 2.35. The summed E-state index contributed by atoms with van der Waals surface area (Å²) in [6.45, 7) is 0.771. The third-order valence-electron chi connectivity index (χ3n) is 3.22. The lowest BCUT2D eigenvalue weighted by molar-refractivity contribution is -0.143. The Morgan fingerprint density at radius 3 is 1.95 bits per heavy atom. The molecule has 1 aromatic carbocycles. The van der Waals surface area contributed by atoms with Gasteiger partial charge in [0.05, 0.1) is 17.2 Å². The molecule has 0 aromatic heterocycles. The fraction of sp³-hybridized carbons (Fsp3) is 0.462. The lowest BCUT2D eigenvalue weighted by Crippen LogP contribution is -2.53. The van der Waals surface area contributed by atoms with Gasteiger partial charge in [0.2, 0.25) is 5.91 Å². The van der Waals surface area contributed by atoms with Crippen LogP contribution in [-0.2, 0) is 23.6 Å². The number of amides is 1. The monoisotopic (exact) mass is 326 g/mol. The molecule has 1 fully saturated rings. The van der Waals surface area contributed by atoms with Gasteiger partial charge in [-0.1, -0.05) is 0 Å². The van der Waals surface area contributed by atoms with Crippen LogP contribution in [0.4, 0.5) is 26.3 Å². The van der Waals surface area contributed by atoms with Crippen molar-refractivity contribution in [2.75, 3.05) is 13.1 Å². The van der Waals surface area contributed by atoms with E-state index in [1.807, 2.05) is 0 Å². The number of benzene rings is 1. The van der Waals surface area contributed by atoms with Crippen molar-refractivity contribution >= 4 is 5.91 Å². The van der Waals surface area contributed by atoms with E-state index < -0.39 is 35.4 Å². The maximum atomic E-state index is 12.7. The fourth-order valence-electron chi connectivity index (χ4n) is 2.19. The van der Waals surface area contributed by atoms with E-state index in [-0.39, 0.29) is 18.1 Å². The second kappa shape index (κ2) is 5.79. The molecular weight excluding hydrogens is 314 g/mol. The summed E-state index contributed by atoms with van der Waals surface area (Å²) in [5.74, 6) is -0.447. The Morgan fingerprint density at radius 2 is 1.50 bits per heavy atom. The highest BCUT2D eigenvalue weighted by molar-refractivity contribution is 5.82. The van der Waals surface area contributed by atoms with Gasteiger partial charge in [0.15, 0.2) is 0 Å². The second-order valence-electron chi connectivity index (χ2n) is 4.92. The van der Waals surface area contributed by atoms with E-state index in [1.165, 1.54) is 0 Å². The summed E-state index contributed by atoms with van der Waals surface area (Å²) in [5.41, 5.74) is -2.96. The Labute approximate surface area is 121 Å². The average molecular weight is 326 g/mol. The van der Waals surface area contributed by atoms with Crippen LogP contribution >= 0.6 is 0 Å². The first kappa shape index (κ1) is 16.6. The van der Waals surface area contributed by atoms with Gasteiger partial charge in [-0.25, -0.2) is 0 Å². The number of hydrogen-bond donors (Lipinski definition) is 2. The van der Waals surface area contributed by atoms with Crippen LogP contribution < -0.4 is 10.6 Å². The van der Waals surface area contributed by atoms with Gasteiger partial charge in [0.1, 0.15) is 0 Å². The molecule has 2 rings (SSSR count). The van der Waals surface area contributed by atoms with Crippen LogP contribution in [0.2, 0.25) is 0 Å². The van der Waals surface area contributed by atoms with Gasteiger partial charge >= 0.3 is 12.4 Å². The highest BCUT2D eigenvalue weighted by Crippen LogP contribution is 2.36. The van der Waals surface area contributed by atoms with Gasteiger partial charge < -0.3 is 10.6 Å². The number of piperazine rings is 1. The molecular formula is C13H12F6N2O. The highest BCUT2D eigenvalue weighted by Gasteiger charge is 2.37. The second-order valence-corrected chi connectivity index (χ2v) is 4.92. The summed E-state index contributed by atoms with van der Waals surface area (Å²) in [5, 5.41) is 5.26. The number of rotatable bonds is 2. The summed E-state index contributed by atoms with van der Waals surface area (Å²) >= 11 is 0. The molecule has 0 bridgehead atoms. The van der Waals surface area contributed by atoms with E-state index >= 15 is 0 Å². The molecule has 0 saturated carbocycles. The molecule has 122 valence electrons. The molecule has 1 aliphatic heterocycles. The predicted molar refractivity (Wildman–Crippen MR) is 65.0 cm³/mol. The number of hydrogen-bond acceptors (Lipinski definition) is 2. The van der Waals surface area contributed by atoms with Crippen molar-refractivity contribution in [3.05, 3.63) is 34.9 Å².